The Balaban J connectivity index is 2.01. The molecule has 24 heavy (non-hydrogen) atoms. The monoisotopic (exact) mass is 371 g/mol. The van der Waals surface area contributed by atoms with Crippen molar-refractivity contribution in [2.45, 2.75) is 29.9 Å². The van der Waals surface area contributed by atoms with Crippen LogP contribution in [-0.4, -0.2) is 34.8 Å². The summed E-state index contributed by atoms with van der Waals surface area (Å²) in [5, 5.41) is 14.3. The molecule has 1 amide bonds. The Bertz CT molecular complexity index is 888. The van der Waals surface area contributed by atoms with Crippen LogP contribution in [-0.2, 0) is 21.4 Å². The standard InChI is InChI=1S/C13H17N5O4S2/c1-2-6-18-12(20)16-17-13(18)23-8-11(19)15-9-4-3-5-10(7-9)24(14,21)22/h3-5,7H,2,6,8H2,1H3,(H,15,19)(H,16,20)(H2,14,21,22). The maximum atomic E-state index is 12.0. The average Bonchev–Trinajstić information content (AvgIpc) is 2.86. The van der Waals surface area contributed by atoms with Crippen molar-refractivity contribution in [1.29, 1.82) is 0 Å². The fourth-order valence-corrected chi connectivity index (χ4v) is 3.24. The van der Waals surface area contributed by atoms with E-state index in [1.165, 1.54) is 22.8 Å². The molecule has 0 fully saturated rings. The number of carbonyl (C=O) groups excluding carboxylic acids is 1. The second-order valence-corrected chi connectivity index (χ2v) is 7.38. The van der Waals surface area contributed by atoms with E-state index in [0.29, 0.717) is 17.4 Å². The summed E-state index contributed by atoms with van der Waals surface area (Å²) in [4.78, 5) is 23.5. The first-order valence-corrected chi connectivity index (χ1v) is 9.55. The van der Waals surface area contributed by atoms with Gasteiger partial charge in [-0.25, -0.2) is 23.4 Å². The summed E-state index contributed by atoms with van der Waals surface area (Å²) < 4.78 is 24.1. The van der Waals surface area contributed by atoms with E-state index < -0.39 is 10.0 Å². The summed E-state index contributed by atoms with van der Waals surface area (Å²) >= 11 is 1.11. The Labute approximate surface area is 142 Å². The predicted octanol–water partition coefficient (Wildman–Crippen LogP) is 0.360. The van der Waals surface area contributed by atoms with Gasteiger partial charge in [0.05, 0.1) is 10.6 Å². The number of H-pyrrole nitrogens is 1. The first kappa shape index (κ1) is 18.2. The number of benzene rings is 1. The van der Waals surface area contributed by atoms with Gasteiger partial charge in [0.2, 0.25) is 15.9 Å². The molecule has 0 saturated carbocycles. The largest absolute Gasteiger partial charge is 0.343 e. The zero-order valence-electron chi connectivity index (χ0n) is 12.9. The quantitative estimate of drug-likeness (QED) is 0.600. The van der Waals surface area contributed by atoms with Gasteiger partial charge in [-0.1, -0.05) is 24.8 Å². The van der Waals surface area contributed by atoms with Crippen LogP contribution in [0.15, 0.2) is 39.1 Å². The van der Waals surface area contributed by atoms with Crippen molar-refractivity contribution in [3.05, 3.63) is 34.7 Å². The molecule has 0 bridgehead atoms. The van der Waals surface area contributed by atoms with Crippen LogP contribution in [0, 0.1) is 0 Å². The Morgan fingerprint density at radius 3 is 2.88 bits per heavy atom. The van der Waals surface area contributed by atoms with Crippen molar-refractivity contribution < 1.29 is 13.2 Å². The summed E-state index contributed by atoms with van der Waals surface area (Å²) in [6.07, 6.45) is 0.763. The SMILES string of the molecule is CCCn1c(SCC(=O)Nc2cccc(S(N)(=O)=O)c2)n[nH]c1=O. The van der Waals surface area contributed by atoms with Crippen LogP contribution >= 0.6 is 11.8 Å². The molecule has 11 heteroatoms. The van der Waals surface area contributed by atoms with Gasteiger partial charge in [-0.3, -0.25) is 9.36 Å². The minimum absolute atomic E-state index is 0.0214. The third-order valence-electron chi connectivity index (χ3n) is 2.95. The summed E-state index contributed by atoms with van der Waals surface area (Å²) in [7, 11) is -3.83. The van der Waals surface area contributed by atoms with Gasteiger partial charge >= 0.3 is 5.69 Å². The summed E-state index contributed by atoms with van der Waals surface area (Å²) in [5.74, 6) is -0.335. The lowest BCUT2D eigenvalue weighted by Gasteiger charge is -2.07. The first-order valence-electron chi connectivity index (χ1n) is 7.02. The molecule has 2 rings (SSSR count). The van der Waals surface area contributed by atoms with Crippen molar-refractivity contribution in [3.63, 3.8) is 0 Å². The maximum Gasteiger partial charge on any atom is 0.343 e. The van der Waals surface area contributed by atoms with E-state index in [1.807, 2.05) is 6.92 Å². The number of anilines is 1. The van der Waals surface area contributed by atoms with Gasteiger partial charge in [0.1, 0.15) is 0 Å². The molecule has 0 radical (unpaired) electrons. The van der Waals surface area contributed by atoms with E-state index in [1.54, 1.807) is 6.07 Å². The Hall–Kier alpha value is -2.11. The smallest absolute Gasteiger partial charge is 0.325 e. The van der Waals surface area contributed by atoms with Crippen LogP contribution in [0.3, 0.4) is 0 Å². The molecule has 0 aliphatic heterocycles. The van der Waals surface area contributed by atoms with Crippen LogP contribution < -0.4 is 16.1 Å². The van der Waals surface area contributed by atoms with E-state index in [-0.39, 0.29) is 22.2 Å². The lowest BCUT2D eigenvalue weighted by atomic mass is 10.3. The molecule has 1 heterocycles. The van der Waals surface area contributed by atoms with Crippen LogP contribution in [0.4, 0.5) is 5.69 Å². The lowest BCUT2D eigenvalue weighted by molar-refractivity contribution is -0.113. The summed E-state index contributed by atoms with van der Waals surface area (Å²) in [6.45, 7) is 2.44. The van der Waals surface area contributed by atoms with E-state index in [2.05, 4.69) is 15.5 Å². The van der Waals surface area contributed by atoms with Crippen molar-refractivity contribution >= 4 is 33.4 Å². The van der Waals surface area contributed by atoms with E-state index in [0.717, 1.165) is 18.2 Å². The number of carbonyl (C=O) groups is 1. The maximum absolute atomic E-state index is 12.0. The number of hydrogen-bond donors (Lipinski definition) is 3. The highest BCUT2D eigenvalue weighted by Gasteiger charge is 2.12. The molecule has 0 unspecified atom stereocenters. The zero-order chi connectivity index (χ0) is 17.7. The van der Waals surface area contributed by atoms with Crippen LogP contribution in [0.25, 0.3) is 0 Å². The second-order valence-electron chi connectivity index (χ2n) is 4.87. The van der Waals surface area contributed by atoms with E-state index in [4.69, 9.17) is 5.14 Å². The Morgan fingerprint density at radius 2 is 2.21 bits per heavy atom. The van der Waals surface area contributed by atoms with Gasteiger partial charge in [-0.05, 0) is 24.6 Å². The lowest BCUT2D eigenvalue weighted by Crippen LogP contribution is -2.19. The highest BCUT2D eigenvalue weighted by Crippen LogP contribution is 2.16. The fourth-order valence-electron chi connectivity index (χ4n) is 1.91. The minimum atomic E-state index is -3.83. The molecule has 0 atom stereocenters. The van der Waals surface area contributed by atoms with Gasteiger partial charge in [0.15, 0.2) is 5.16 Å². The molecule has 130 valence electrons. The van der Waals surface area contributed by atoms with Crippen molar-refractivity contribution in [3.8, 4) is 0 Å². The molecule has 4 N–H and O–H groups in total. The average molecular weight is 371 g/mol. The topological polar surface area (TPSA) is 140 Å². The van der Waals surface area contributed by atoms with Gasteiger partial charge in [-0.15, -0.1) is 5.10 Å². The van der Waals surface area contributed by atoms with Crippen molar-refractivity contribution in [2.24, 2.45) is 5.14 Å². The number of hydrogen-bond acceptors (Lipinski definition) is 6. The number of amides is 1. The number of aromatic nitrogens is 3. The van der Waals surface area contributed by atoms with Crippen LogP contribution in [0.2, 0.25) is 0 Å². The number of sulfonamides is 1. The number of primary sulfonamides is 1. The third-order valence-corrected chi connectivity index (χ3v) is 4.84. The Morgan fingerprint density at radius 1 is 1.46 bits per heavy atom. The Kier molecular flexibility index (Phi) is 5.80. The van der Waals surface area contributed by atoms with Gasteiger partial charge in [0.25, 0.3) is 0 Å². The highest BCUT2D eigenvalue weighted by molar-refractivity contribution is 7.99. The van der Waals surface area contributed by atoms with Gasteiger partial charge in [-0.2, -0.15) is 0 Å². The number of aromatic amines is 1. The van der Waals surface area contributed by atoms with E-state index in [9.17, 15) is 18.0 Å². The molecule has 1 aromatic carbocycles. The molecule has 0 spiro atoms. The summed E-state index contributed by atoms with van der Waals surface area (Å²) in [5.41, 5.74) is 0.000660. The molecule has 0 aliphatic carbocycles. The third kappa shape index (κ3) is 4.69. The molecular formula is C13H17N5O4S2. The number of nitrogens with one attached hydrogen (secondary N) is 2. The van der Waals surface area contributed by atoms with Gasteiger partial charge in [0, 0.05) is 12.2 Å². The number of thioether (sulfide) groups is 1. The van der Waals surface area contributed by atoms with Crippen LogP contribution in [0.1, 0.15) is 13.3 Å². The summed E-state index contributed by atoms with van der Waals surface area (Å²) in [6, 6.07) is 5.65. The highest BCUT2D eigenvalue weighted by atomic mass is 32.2. The predicted molar refractivity (Wildman–Crippen MR) is 90.3 cm³/mol. The molecule has 9 nitrogen and oxygen atoms in total. The number of nitrogens with zero attached hydrogens (tertiary/aromatic N) is 2. The molecule has 0 saturated heterocycles. The molecular weight excluding hydrogens is 354 g/mol. The second kappa shape index (κ2) is 7.64. The fraction of sp³-hybridized carbons (Fsp3) is 0.308. The number of rotatable bonds is 7. The van der Waals surface area contributed by atoms with Crippen molar-refractivity contribution in [2.75, 3.05) is 11.1 Å². The minimum Gasteiger partial charge on any atom is -0.325 e. The zero-order valence-corrected chi connectivity index (χ0v) is 14.5. The molecule has 0 aliphatic rings. The van der Waals surface area contributed by atoms with Crippen LogP contribution in [0.5, 0.6) is 0 Å². The number of nitrogens with two attached hydrogens (primary N) is 1. The molecule has 1 aromatic heterocycles. The molecule has 2 aromatic rings. The van der Waals surface area contributed by atoms with Gasteiger partial charge < -0.3 is 5.32 Å². The normalized spacial score (nSPS) is 11.4. The van der Waals surface area contributed by atoms with Crippen molar-refractivity contribution in [1.82, 2.24) is 14.8 Å². The first-order chi connectivity index (χ1) is 11.3. The van der Waals surface area contributed by atoms with E-state index >= 15 is 0 Å².